The maximum Gasteiger partial charge on any atom is 0.0657 e. The molecule has 3 aromatic carbocycles. The van der Waals surface area contributed by atoms with E-state index in [1.165, 1.54) is 22.3 Å². The Balaban J connectivity index is 2.05. The highest BCUT2D eigenvalue weighted by Crippen LogP contribution is 2.29. The lowest BCUT2D eigenvalue weighted by molar-refractivity contribution is 1.08. The van der Waals surface area contributed by atoms with E-state index >= 15 is 0 Å². The molecular formula is C25H26N2. The van der Waals surface area contributed by atoms with Crippen LogP contribution >= 0.6 is 0 Å². The first-order chi connectivity index (χ1) is 12.9. The molecule has 136 valence electrons. The van der Waals surface area contributed by atoms with Gasteiger partial charge in [-0.15, -0.1) is 0 Å². The summed E-state index contributed by atoms with van der Waals surface area (Å²) in [6.07, 6.45) is 3.75. The number of hydrogen-bond donors (Lipinski definition) is 0. The topological polar surface area (TPSA) is 15.6 Å². The van der Waals surface area contributed by atoms with Gasteiger partial charge in [0.2, 0.25) is 0 Å². The first-order valence-corrected chi connectivity index (χ1v) is 9.18. The second-order valence-electron chi connectivity index (χ2n) is 7.12. The van der Waals surface area contributed by atoms with Crippen molar-refractivity contribution in [3.63, 3.8) is 0 Å². The summed E-state index contributed by atoms with van der Waals surface area (Å²) in [7, 11) is 0. The van der Waals surface area contributed by atoms with Crippen molar-refractivity contribution in [3.8, 4) is 0 Å². The van der Waals surface area contributed by atoms with Crippen LogP contribution in [-0.4, -0.2) is 6.21 Å². The monoisotopic (exact) mass is 354 g/mol. The molecule has 0 N–H and O–H groups in total. The molecule has 0 heterocycles. The van der Waals surface area contributed by atoms with Crippen LogP contribution in [0.5, 0.6) is 0 Å². The minimum atomic E-state index is 1.05. The van der Waals surface area contributed by atoms with Gasteiger partial charge in [-0.05, 0) is 85.3 Å². The van der Waals surface area contributed by atoms with Crippen LogP contribution < -0.4 is 5.01 Å². The summed E-state index contributed by atoms with van der Waals surface area (Å²) in [6.45, 7) is 12.3. The Kier molecular flexibility index (Phi) is 5.56. The molecule has 0 unspecified atom stereocenters. The Bertz CT molecular complexity index is 890. The van der Waals surface area contributed by atoms with E-state index in [0.29, 0.717) is 0 Å². The van der Waals surface area contributed by atoms with Crippen molar-refractivity contribution in [2.24, 2.45) is 5.10 Å². The van der Waals surface area contributed by atoms with Crippen LogP contribution in [0, 0.1) is 27.7 Å². The van der Waals surface area contributed by atoms with Gasteiger partial charge in [0, 0.05) is 0 Å². The number of hydrazone groups is 1. The van der Waals surface area contributed by atoms with E-state index < -0.39 is 0 Å². The van der Waals surface area contributed by atoms with Gasteiger partial charge in [-0.25, -0.2) is 5.01 Å². The van der Waals surface area contributed by atoms with Gasteiger partial charge in [0.15, 0.2) is 0 Å². The average molecular weight is 354 g/mol. The lowest BCUT2D eigenvalue weighted by Crippen LogP contribution is -2.10. The van der Waals surface area contributed by atoms with E-state index in [4.69, 9.17) is 5.10 Å². The Morgan fingerprint density at radius 3 is 1.48 bits per heavy atom. The van der Waals surface area contributed by atoms with E-state index in [-0.39, 0.29) is 0 Å². The van der Waals surface area contributed by atoms with E-state index in [2.05, 4.69) is 82.8 Å². The van der Waals surface area contributed by atoms with E-state index in [1.807, 2.05) is 29.4 Å². The van der Waals surface area contributed by atoms with Crippen molar-refractivity contribution in [2.75, 3.05) is 5.01 Å². The molecule has 0 spiro atoms. The van der Waals surface area contributed by atoms with Crippen molar-refractivity contribution in [1.82, 2.24) is 0 Å². The molecule has 27 heavy (non-hydrogen) atoms. The summed E-state index contributed by atoms with van der Waals surface area (Å²) < 4.78 is 0. The molecule has 3 rings (SSSR count). The standard InChI is InChI=1S/C25H26N2/c1-6-22-7-9-23(10-8-22)17-26-27(24-13-18(2)11-19(3)14-24)25-15-20(4)12-21(5)16-25/h6-17H,1H2,2-5H3. The molecule has 2 nitrogen and oxygen atoms in total. The van der Waals surface area contributed by atoms with Crippen molar-refractivity contribution in [2.45, 2.75) is 27.7 Å². The van der Waals surface area contributed by atoms with Crippen LogP contribution in [0.15, 0.2) is 72.3 Å². The number of anilines is 2. The van der Waals surface area contributed by atoms with Crippen molar-refractivity contribution in [1.29, 1.82) is 0 Å². The third-order valence-electron chi connectivity index (χ3n) is 4.40. The summed E-state index contributed by atoms with van der Waals surface area (Å²) >= 11 is 0. The third-order valence-corrected chi connectivity index (χ3v) is 4.40. The SMILES string of the molecule is C=Cc1ccc(C=NN(c2cc(C)cc(C)c2)c2cc(C)cc(C)c2)cc1. The van der Waals surface area contributed by atoms with Gasteiger partial charge in [-0.1, -0.05) is 49.1 Å². The Labute approximate surface area is 162 Å². The minimum Gasteiger partial charge on any atom is -0.234 e. The van der Waals surface area contributed by atoms with Crippen LogP contribution in [0.1, 0.15) is 33.4 Å². The Morgan fingerprint density at radius 1 is 0.667 bits per heavy atom. The van der Waals surface area contributed by atoms with Gasteiger partial charge < -0.3 is 0 Å². The first kappa shape index (κ1) is 18.7. The quantitative estimate of drug-likeness (QED) is 0.366. The second-order valence-corrected chi connectivity index (χ2v) is 7.12. The van der Waals surface area contributed by atoms with Gasteiger partial charge in [0.25, 0.3) is 0 Å². The molecule has 3 aromatic rings. The lowest BCUT2D eigenvalue weighted by Gasteiger charge is -2.21. The van der Waals surface area contributed by atoms with Crippen LogP contribution in [0.4, 0.5) is 11.4 Å². The zero-order valence-corrected chi connectivity index (χ0v) is 16.5. The zero-order chi connectivity index (χ0) is 19.4. The smallest absolute Gasteiger partial charge is 0.0657 e. The van der Waals surface area contributed by atoms with Crippen molar-refractivity contribution < 1.29 is 0 Å². The van der Waals surface area contributed by atoms with Gasteiger partial charge in [0.05, 0.1) is 17.6 Å². The zero-order valence-electron chi connectivity index (χ0n) is 16.5. The Hall–Kier alpha value is -3.13. The van der Waals surface area contributed by atoms with E-state index in [0.717, 1.165) is 22.5 Å². The van der Waals surface area contributed by atoms with E-state index in [1.54, 1.807) is 0 Å². The highest BCUT2D eigenvalue weighted by atomic mass is 15.5. The number of hydrogen-bond acceptors (Lipinski definition) is 2. The van der Waals surface area contributed by atoms with E-state index in [9.17, 15) is 0 Å². The molecule has 2 heteroatoms. The molecule has 0 aliphatic rings. The second kappa shape index (κ2) is 8.05. The molecule has 0 aromatic heterocycles. The average Bonchev–Trinajstić information content (AvgIpc) is 2.61. The number of rotatable bonds is 5. The summed E-state index contributed by atoms with van der Waals surface area (Å²) in [4.78, 5) is 0. The molecular weight excluding hydrogens is 328 g/mol. The summed E-state index contributed by atoms with van der Waals surface area (Å²) in [5.41, 5.74) is 9.20. The van der Waals surface area contributed by atoms with Crippen LogP contribution in [0.3, 0.4) is 0 Å². The highest BCUT2D eigenvalue weighted by molar-refractivity contribution is 5.82. The van der Waals surface area contributed by atoms with Gasteiger partial charge >= 0.3 is 0 Å². The molecule has 0 saturated carbocycles. The van der Waals surface area contributed by atoms with Gasteiger partial charge in [-0.2, -0.15) is 5.10 Å². The largest absolute Gasteiger partial charge is 0.234 e. The number of aryl methyl sites for hydroxylation is 4. The molecule has 0 aliphatic heterocycles. The summed E-state index contributed by atoms with van der Waals surface area (Å²) in [5, 5.41) is 6.85. The molecule has 0 atom stereocenters. The molecule has 0 aliphatic carbocycles. The predicted molar refractivity (Wildman–Crippen MR) is 118 cm³/mol. The summed E-state index contributed by atoms with van der Waals surface area (Å²) in [6, 6.07) is 21.3. The number of nitrogens with zero attached hydrogens (tertiary/aromatic N) is 2. The highest BCUT2D eigenvalue weighted by Gasteiger charge is 2.10. The fourth-order valence-corrected chi connectivity index (χ4v) is 3.27. The molecule has 0 amide bonds. The Morgan fingerprint density at radius 2 is 1.07 bits per heavy atom. The fraction of sp³-hybridized carbons (Fsp3) is 0.160. The van der Waals surface area contributed by atoms with Crippen LogP contribution in [-0.2, 0) is 0 Å². The molecule has 0 saturated heterocycles. The van der Waals surface area contributed by atoms with Crippen molar-refractivity contribution >= 4 is 23.7 Å². The first-order valence-electron chi connectivity index (χ1n) is 9.18. The molecule has 0 bridgehead atoms. The lowest BCUT2D eigenvalue weighted by atomic mass is 10.1. The third kappa shape index (κ3) is 4.73. The van der Waals surface area contributed by atoms with Gasteiger partial charge in [0.1, 0.15) is 0 Å². The molecule has 0 fully saturated rings. The van der Waals surface area contributed by atoms with Crippen LogP contribution in [0.2, 0.25) is 0 Å². The fourth-order valence-electron chi connectivity index (χ4n) is 3.27. The normalized spacial score (nSPS) is 11.0. The van der Waals surface area contributed by atoms with Crippen molar-refractivity contribution in [3.05, 3.63) is 101 Å². The maximum absolute atomic E-state index is 4.84. The summed E-state index contributed by atoms with van der Waals surface area (Å²) in [5.74, 6) is 0. The van der Waals surface area contributed by atoms with Crippen LogP contribution in [0.25, 0.3) is 6.08 Å². The maximum atomic E-state index is 4.84. The minimum absolute atomic E-state index is 1.05. The van der Waals surface area contributed by atoms with Gasteiger partial charge in [-0.3, -0.25) is 0 Å². The number of benzene rings is 3. The molecule has 0 radical (unpaired) electrons. The predicted octanol–water partition coefficient (Wildman–Crippen LogP) is 6.74.